The summed E-state index contributed by atoms with van der Waals surface area (Å²) in [6.07, 6.45) is 2.22. The number of rotatable bonds is 11. The molecule has 1 aliphatic rings. The summed E-state index contributed by atoms with van der Waals surface area (Å²) in [5.41, 5.74) is 1.49. The van der Waals surface area contributed by atoms with Crippen LogP contribution in [0.25, 0.3) is 0 Å². The molecule has 0 fully saturated rings. The van der Waals surface area contributed by atoms with Gasteiger partial charge < -0.3 is 15.1 Å². The van der Waals surface area contributed by atoms with Crippen LogP contribution in [0.2, 0.25) is 0 Å². The summed E-state index contributed by atoms with van der Waals surface area (Å²) < 4.78 is 0. The normalized spacial score (nSPS) is 18.3. The first-order chi connectivity index (χ1) is 15.5. The van der Waals surface area contributed by atoms with Gasteiger partial charge in [0.05, 0.1) is 12.0 Å². The van der Waals surface area contributed by atoms with Crippen molar-refractivity contribution in [3.05, 3.63) is 57.8 Å². The van der Waals surface area contributed by atoms with E-state index in [0.29, 0.717) is 24.6 Å². The minimum atomic E-state index is -0.410. The third-order valence-electron chi connectivity index (χ3n) is 5.92. The summed E-state index contributed by atoms with van der Waals surface area (Å²) in [5, 5.41) is 5.23. The van der Waals surface area contributed by atoms with Gasteiger partial charge in [-0.15, -0.1) is 11.3 Å². The van der Waals surface area contributed by atoms with Crippen LogP contribution in [0.15, 0.2) is 41.8 Å². The lowest BCUT2D eigenvalue weighted by atomic mass is 9.81. The zero-order valence-electron chi connectivity index (χ0n) is 19.8. The van der Waals surface area contributed by atoms with Crippen LogP contribution in [-0.4, -0.2) is 54.3 Å². The Bertz CT molecular complexity index is 875. The lowest BCUT2D eigenvalue weighted by molar-refractivity contribution is -0.124. The highest BCUT2D eigenvalue weighted by Gasteiger charge is 2.44. The Labute approximate surface area is 196 Å². The minimum absolute atomic E-state index is 0.00468. The first-order valence-electron chi connectivity index (χ1n) is 11.9. The number of benzene rings is 1. The molecule has 0 unspecified atom stereocenters. The van der Waals surface area contributed by atoms with Crippen molar-refractivity contribution < 1.29 is 9.59 Å². The molecule has 0 saturated carbocycles. The first kappa shape index (κ1) is 24.5. The predicted molar refractivity (Wildman–Crippen MR) is 132 cm³/mol. The highest BCUT2D eigenvalue weighted by Crippen LogP contribution is 2.44. The highest BCUT2D eigenvalue weighted by atomic mass is 32.1. The molecule has 2 atom stereocenters. The monoisotopic (exact) mass is 455 g/mol. The molecular formula is C26H37N3O2S. The van der Waals surface area contributed by atoms with Crippen LogP contribution in [-0.2, 0) is 4.79 Å². The maximum absolute atomic E-state index is 13.6. The zero-order valence-corrected chi connectivity index (χ0v) is 20.7. The fraction of sp³-hybridized carbons (Fsp3) is 0.538. The van der Waals surface area contributed by atoms with Gasteiger partial charge in [0.2, 0.25) is 5.91 Å². The van der Waals surface area contributed by atoms with Crippen molar-refractivity contribution in [1.82, 2.24) is 15.1 Å². The van der Waals surface area contributed by atoms with Gasteiger partial charge in [-0.3, -0.25) is 9.59 Å². The Morgan fingerprint density at radius 1 is 1.09 bits per heavy atom. The fourth-order valence-electron chi connectivity index (χ4n) is 4.66. The maximum atomic E-state index is 13.6. The van der Waals surface area contributed by atoms with Gasteiger partial charge in [-0.2, -0.15) is 0 Å². The molecule has 32 heavy (non-hydrogen) atoms. The number of carbonyl (C=O) groups is 2. The second kappa shape index (κ2) is 11.6. The van der Waals surface area contributed by atoms with Crippen LogP contribution in [0.5, 0.6) is 0 Å². The van der Waals surface area contributed by atoms with Crippen LogP contribution in [0.1, 0.15) is 73.3 Å². The van der Waals surface area contributed by atoms with Gasteiger partial charge in [0.1, 0.15) is 0 Å². The number of amides is 2. The van der Waals surface area contributed by atoms with Crippen LogP contribution in [0.4, 0.5) is 0 Å². The van der Waals surface area contributed by atoms with E-state index in [0.717, 1.165) is 42.9 Å². The summed E-state index contributed by atoms with van der Waals surface area (Å²) >= 11 is 1.62. The molecule has 0 saturated heterocycles. The van der Waals surface area contributed by atoms with Gasteiger partial charge in [0, 0.05) is 30.1 Å². The summed E-state index contributed by atoms with van der Waals surface area (Å²) in [7, 11) is 0. The van der Waals surface area contributed by atoms with Crippen molar-refractivity contribution in [1.29, 1.82) is 0 Å². The molecule has 0 aliphatic carbocycles. The van der Waals surface area contributed by atoms with E-state index >= 15 is 0 Å². The van der Waals surface area contributed by atoms with Gasteiger partial charge in [0.25, 0.3) is 5.91 Å². The van der Waals surface area contributed by atoms with E-state index in [-0.39, 0.29) is 17.9 Å². The van der Waals surface area contributed by atoms with Crippen molar-refractivity contribution in [2.75, 3.05) is 32.7 Å². The number of fused-ring (bicyclic) bond motifs is 1. The van der Waals surface area contributed by atoms with Crippen molar-refractivity contribution in [3.63, 3.8) is 0 Å². The molecule has 3 rings (SSSR count). The molecule has 1 N–H and O–H groups in total. The van der Waals surface area contributed by atoms with Crippen LogP contribution < -0.4 is 5.32 Å². The molecule has 0 bridgehead atoms. The number of nitrogens with one attached hydrogen (secondary N) is 1. The van der Waals surface area contributed by atoms with E-state index in [4.69, 9.17) is 0 Å². The lowest BCUT2D eigenvalue weighted by Gasteiger charge is -2.42. The van der Waals surface area contributed by atoms with Crippen molar-refractivity contribution in [3.8, 4) is 0 Å². The molecule has 6 heteroatoms. The van der Waals surface area contributed by atoms with E-state index in [2.05, 4.69) is 37.9 Å². The van der Waals surface area contributed by atoms with Gasteiger partial charge >= 0.3 is 0 Å². The van der Waals surface area contributed by atoms with Crippen LogP contribution >= 0.6 is 11.3 Å². The van der Waals surface area contributed by atoms with E-state index in [1.165, 1.54) is 0 Å². The molecule has 2 heterocycles. The minimum Gasteiger partial charge on any atom is -0.354 e. The summed E-state index contributed by atoms with van der Waals surface area (Å²) in [5.74, 6) is -0.0713. The highest BCUT2D eigenvalue weighted by molar-refractivity contribution is 7.10. The maximum Gasteiger partial charge on any atom is 0.254 e. The third kappa shape index (κ3) is 5.59. The summed E-state index contributed by atoms with van der Waals surface area (Å²) in [6, 6.07) is 11.4. The number of carbonyl (C=O) groups excluding carboxylic acids is 2. The molecule has 174 valence electrons. The van der Waals surface area contributed by atoms with Gasteiger partial charge in [0.15, 0.2) is 0 Å². The Balaban J connectivity index is 1.90. The second-order valence-corrected chi connectivity index (χ2v) is 9.99. The SMILES string of the molecule is CCCN(CCC)CCNC(=O)[C@@H]1c2ccccc2C(=O)N(CC(C)C)[C@H]1c1cccs1. The van der Waals surface area contributed by atoms with Gasteiger partial charge in [-0.1, -0.05) is 52.0 Å². The molecule has 1 aliphatic heterocycles. The standard InChI is InChI=1S/C26H37N3O2S/c1-5-14-28(15-6-2)16-13-27-25(30)23-20-10-7-8-11-21(20)26(31)29(18-19(3)4)24(23)22-12-9-17-32-22/h7-12,17,19,23-24H,5-6,13-16,18H2,1-4H3,(H,27,30)/t23-,24+/m1/s1. The lowest BCUT2D eigenvalue weighted by Crippen LogP contribution is -2.49. The topological polar surface area (TPSA) is 52.7 Å². The number of hydrogen-bond acceptors (Lipinski definition) is 4. The van der Waals surface area contributed by atoms with E-state index in [9.17, 15) is 9.59 Å². The quantitative estimate of drug-likeness (QED) is 0.523. The molecule has 0 radical (unpaired) electrons. The molecule has 1 aromatic heterocycles. The molecule has 5 nitrogen and oxygen atoms in total. The van der Waals surface area contributed by atoms with E-state index in [1.54, 1.807) is 11.3 Å². The van der Waals surface area contributed by atoms with Gasteiger partial charge in [-0.25, -0.2) is 0 Å². The molecule has 0 spiro atoms. The van der Waals surface area contributed by atoms with Crippen LogP contribution in [0, 0.1) is 5.92 Å². The van der Waals surface area contributed by atoms with Gasteiger partial charge in [-0.05, 0) is 54.9 Å². The molecule has 2 amide bonds. The first-order valence-corrected chi connectivity index (χ1v) is 12.8. The smallest absolute Gasteiger partial charge is 0.254 e. The Morgan fingerprint density at radius 3 is 2.44 bits per heavy atom. The number of hydrogen-bond donors (Lipinski definition) is 1. The number of thiophene rings is 1. The summed E-state index contributed by atoms with van der Waals surface area (Å²) in [4.78, 5) is 32.5. The predicted octanol–water partition coefficient (Wildman–Crippen LogP) is 4.92. The zero-order chi connectivity index (χ0) is 23.1. The largest absolute Gasteiger partial charge is 0.354 e. The summed E-state index contributed by atoms with van der Waals surface area (Å²) in [6.45, 7) is 12.8. The Morgan fingerprint density at radius 2 is 1.81 bits per heavy atom. The van der Waals surface area contributed by atoms with E-state index in [1.807, 2.05) is 46.7 Å². The molecular weight excluding hydrogens is 418 g/mol. The van der Waals surface area contributed by atoms with Crippen molar-refractivity contribution >= 4 is 23.2 Å². The Hall–Kier alpha value is -2.18. The van der Waals surface area contributed by atoms with Crippen LogP contribution in [0.3, 0.4) is 0 Å². The molecule has 1 aromatic carbocycles. The number of nitrogens with zero attached hydrogens (tertiary/aromatic N) is 2. The molecule has 2 aromatic rings. The van der Waals surface area contributed by atoms with E-state index < -0.39 is 5.92 Å². The second-order valence-electron chi connectivity index (χ2n) is 9.01. The fourth-order valence-corrected chi connectivity index (χ4v) is 5.54. The van der Waals surface area contributed by atoms with Crippen molar-refractivity contribution in [2.24, 2.45) is 5.92 Å². The average Bonchev–Trinajstić information content (AvgIpc) is 3.30. The average molecular weight is 456 g/mol. The third-order valence-corrected chi connectivity index (χ3v) is 6.87. The Kier molecular flexibility index (Phi) is 8.88. The van der Waals surface area contributed by atoms with Crippen molar-refractivity contribution in [2.45, 2.75) is 52.5 Å².